The monoisotopic (exact) mass is 371 g/mol. The molecule has 1 atom stereocenters. The Labute approximate surface area is 160 Å². The molecule has 1 aromatic rings. The fraction of sp³-hybridized carbons (Fsp3) is 0.700. The van der Waals surface area contributed by atoms with Gasteiger partial charge in [-0.2, -0.15) is 0 Å². The molecule has 4 rings (SSSR count). The molecule has 2 amide bonds. The number of nitrogens with zero attached hydrogens (tertiary/aromatic N) is 5. The highest BCUT2D eigenvalue weighted by Crippen LogP contribution is 2.30. The van der Waals surface area contributed by atoms with Crippen LogP contribution < -0.4 is 4.90 Å². The van der Waals surface area contributed by atoms with Crippen molar-refractivity contribution in [3.8, 4) is 0 Å². The van der Waals surface area contributed by atoms with Gasteiger partial charge in [-0.05, 0) is 25.7 Å². The molecular formula is C20H29N5O2. The highest BCUT2D eigenvalue weighted by Gasteiger charge is 2.36. The second kappa shape index (κ2) is 7.82. The van der Waals surface area contributed by atoms with Crippen molar-refractivity contribution in [2.45, 2.75) is 51.0 Å². The van der Waals surface area contributed by atoms with E-state index < -0.39 is 0 Å². The minimum Gasteiger partial charge on any atom is -0.358 e. The lowest BCUT2D eigenvalue weighted by Gasteiger charge is -2.26. The SMILES string of the molecule is CN(CC1CC(=O)N(C2CCCC2)C1)c1cncc(C(=O)N2CCCC2)n1. The van der Waals surface area contributed by atoms with E-state index in [0.29, 0.717) is 35.8 Å². The van der Waals surface area contributed by atoms with E-state index in [2.05, 4.69) is 14.9 Å². The molecule has 2 aliphatic heterocycles. The number of hydrogen-bond acceptors (Lipinski definition) is 5. The van der Waals surface area contributed by atoms with Gasteiger partial charge in [-0.25, -0.2) is 4.98 Å². The number of anilines is 1. The van der Waals surface area contributed by atoms with Crippen molar-refractivity contribution >= 4 is 17.6 Å². The predicted molar refractivity (Wildman–Crippen MR) is 103 cm³/mol. The van der Waals surface area contributed by atoms with Crippen molar-refractivity contribution < 1.29 is 9.59 Å². The van der Waals surface area contributed by atoms with Gasteiger partial charge < -0.3 is 14.7 Å². The average molecular weight is 371 g/mol. The summed E-state index contributed by atoms with van der Waals surface area (Å²) in [5, 5.41) is 0. The second-order valence-electron chi connectivity index (χ2n) is 8.20. The van der Waals surface area contributed by atoms with Crippen LogP contribution in [0.4, 0.5) is 5.82 Å². The first kappa shape index (κ1) is 18.2. The quantitative estimate of drug-likeness (QED) is 0.791. The van der Waals surface area contributed by atoms with Gasteiger partial charge in [0.2, 0.25) is 5.91 Å². The number of carbonyl (C=O) groups excluding carboxylic acids is 2. The van der Waals surface area contributed by atoms with Crippen molar-refractivity contribution in [2.24, 2.45) is 5.92 Å². The Bertz CT molecular complexity index is 697. The number of rotatable bonds is 5. The van der Waals surface area contributed by atoms with E-state index >= 15 is 0 Å². The van der Waals surface area contributed by atoms with Crippen LogP contribution in [0.25, 0.3) is 0 Å². The largest absolute Gasteiger partial charge is 0.358 e. The van der Waals surface area contributed by atoms with E-state index in [9.17, 15) is 9.59 Å². The molecule has 7 nitrogen and oxygen atoms in total. The predicted octanol–water partition coefficient (Wildman–Crippen LogP) is 1.94. The van der Waals surface area contributed by atoms with Gasteiger partial charge in [0.15, 0.2) is 0 Å². The molecule has 0 aromatic carbocycles. The number of aromatic nitrogens is 2. The summed E-state index contributed by atoms with van der Waals surface area (Å²) in [5.74, 6) is 1.28. The zero-order valence-corrected chi connectivity index (χ0v) is 16.1. The molecule has 1 aromatic heterocycles. The summed E-state index contributed by atoms with van der Waals surface area (Å²) in [6.07, 6.45) is 10.8. The van der Waals surface area contributed by atoms with Gasteiger partial charge in [0.1, 0.15) is 11.5 Å². The molecule has 2 saturated heterocycles. The first-order valence-corrected chi connectivity index (χ1v) is 10.2. The molecular weight excluding hydrogens is 342 g/mol. The zero-order chi connectivity index (χ0) is 18.8. The molecule has 3 aliphatic rings. The van der Waals surface area contributed by atoms with Crippen LogP contribution in [0.15, 0.2) is 12.4 Å². The van der Waals surface area contributed by atoms with Crippen molar-refractivity contribution in [1.82, 2.24) is 19.8 Å². The number of likely N-dealkylation sites (tertiary alicyclic amines) is 2. The molecule has 7 heteroatoms. The third-order valence-corrected chi connectivity index (χ3v) is 6.16. The Morgan fingerprint density at radius 1 is 1.19 bits per heavy atom. The topological polar surface area (TPSA) is 69.6 Å². The zero-order valence-electron chi connectivity index (χ0n) is 16.1. The summed E-state index contributed by atoms with van der Waals surface area (Å²) in [5.41, 5.74) is 0.413. The maximum atomic E-state index is 12.6. The van der Waals surface area contributed by atoms with Crippen LogP contribution in [0.3, 0.4) is 0 Å². The van der Waals surface area contributed by atoms with Crippen molar-refractivity contribution in [3.63, 3.8) is 0 Å². The van der Waals surface area contributed by atoms with E-state index in [1.54, 1.807) is 12.4 Å². The Morgan fingerprint density at radius 2 is 1.93 bits per heavy atom. The van der Waals surface area contributed by atoms with Gasteiger partial charge in [-0.15, -0.1) is 0 Å². The number of hydrogen-bond donors (Lipinski definition) is 0. The fourth-order valence-corrected chi connectivity index (χ4v) is 4.71. The van der Waals surface area contributed by atoms with Crippen molar-refractivity contribution in [3.05, 3.63) is 18.1 Å². The minimum atomic E-state index is -0.0290. The Kier molecular flexibility index (Phi) is 5.27. The van der Waals surface area contributed by atoms with E-state index in [0.717, 1.165) is 51.9 Å². The Hall–Kier alpha value is -2.18. The van der Waals surface area contributed by atoms with E-state index in [-0.39, 0.29) is 5.91 Å². The van der Waals surface area contributed by atoms with Gasteiger partial charge in [0.25, 0.3) is 5.91 Å². The summed E-state index contributed by atoms with van der Waals surface area (Å²) in [4.78, 5) is 39.7. The number of amides is 2. The maximum absolute atomic E-state index is 12.6. The Balaban J connectivity index is 1.38. The first-order valence-electron chi connectivity index (χ1n) is 10.2. The van der Waals surface area contributed by atoms with Gasteiger partial charge in [0.05, 0.1) is 12.4 Å². The molecule has 1 unspecified atom stereocenters. The average Bonchev–Trinajstić information content (AvgIpc) is 3.43. The molecule has 1 aliphatic carbocycles. The smallest absolute Gasteiger partial charge is 0.274 e. The van der Waals surface area contributed by atoms with Crippen LogP contribution in [-0.2, 0) is 4.79 Å². The van der Waals surface area contributed by atoms with E-state index in [4.69, 9.17) is 0 Å². The lowest BCUT2D eigenvalue weighted by Crippen LogP contribution is -2.35. The van der Waals surface area contributed by atoms with Gasteiger partial charge in [0, 0.05) is 51.6 Å². The molecule has 0 spiro atoms. The van der Waals surface area contributed by atoms with E-state index in [1.165, 1.54) is 12.8 Å². The van der Waals surface area contributed by atoms with Crippen LogP contribution in [0.5, 0.6) is 0 Å². The molecule has 3 fully saturated rings. The lowest BCUT2D eigenvalue weighted by atomic mass is 10.1. The van der Waals surface area contributed by atoms with Crippen LogP contribution in [-0.4, -0.2) is 70.9 Å². The number of carbonyl (C=O) groups is 2. The summed E-state index contributed by atoms with van der Waals surface area (Å²) in [6, 6.07) is 0.453. The Morgan fingerprint density at radius 3 is 2.67 bits per heavy atom. The lowest BCUT2D eigenvalue weighted by molar-refractivity contribution is -0.129. The van der Waals surface area contributed by atoms with Gasteiger partial charge in [-0.1, -0.05) is 12.8 Å². The van der Waals surface area contributed by atoms with Crippen molar-refractivity contribution in [1.29, 1.82) is 0 Å². The van der Waals surface area contributed by atoms with Crippen LogP contribution in [0.2, 0.25) is 0 Å². The highest BCUT2D eigenvalue weighted by molar-refractivity contribution is 5.92. The van der Waals surface area contributed by atoms with Crippen LogP contribution in [0, 0.1) is 5.92 Å². The summed E-state index contributed by atoms with van der Waals surface area (Å²) in [6.45, 7) is 3.21. The fourth-order valence-electron chi connectivity index (χ4n) is 4.71. The van der Waals surface area contributed by atoms with Gasteiger partial charge >= 0.3 is 0 Å². The molecule has 3 heterocycles. The van der Waals surface area contributed by atoms with Crippen LogP contribution >= 0.6 is 0 Å². The van der Waals surface area contributed by atoms with Crippen molar-refractivity contribution in [2.75, 3.05) is 38.1 Å². The third kappa shape index (κ3) is 3.92. The molecule has 0 radical (unpaired) electrons. The molecule has 146 valence electrons. The summed E-state index contributed by atoms with van der Waals surface area (Å²) < 4.78 is 0. The molecule has 0 bridgehead atoms. The van der Waals surface area contributed by atoms with Gasteiger partial charge in [-0.3, -0.25) is 14.6 Å². The second-order valence-corrected chi connectivity index (χ2v) is 8.20. The third-order valence-electron chi connectivity index (χ3n) is 6.16. The molecule has 1 saturated carbocycles. The standard InChI is InChI=1S/C20H29N5O2/c1-23(13-15-10-19(26)25(14-15)16-6-2-3-7-16)18-12-21-11-17(22-18)20(27)24-8-4-5-9-24/h11-12,15-16H,2-10,13-14H2,1H3. The highest BCUT2D eigenvalue weighted by atomic mass is 16.2. The minimum absolute atomic E-state index is 0.0290. The maximum Gasteiger partial charge on any atom is 0.274 e. The molecule has 27 heavy (non-hydrogen) atoms. The van der Waals surface area contributed by atoms with E-state index in [1.807, 2.05) is 16.8 Å². The summed E-state index contributed by atoms with van der Waals surface area (Å²) >= 11 is 0. The normalized spacial score (nSPS) is 23.4. The first-order chi connectivity index (χ1) is 13.1. The summed E-state index contributed by atoms with van der Waals surface area (Å²) in [7, 11) is 1.97. The molecule has 0 N–H and O–H groups in total. The van der Waals surface area contributed by atoms with Crippen LogP contribution in [0.1, 0.15) is 55.4 Å².